The van der Waals surface area contributed by atoms with Crippen LogP contribution in [0, 0.1) is 5.92 Å². The number of allylic oxidation sites excluding steroid dienone is 3. The topological polar surface area (TPSA) is 138 Å². The van der Waals surface area contributed by atoms with Crippen molar-refractivity contribution in [2.24, 2.45) is 11.7 Å². The number of nitrogens with two attached hydrogens (primary N) is 2. The molecule has 3 aromatic rings. The molecule has 2 heterocycles. The summed E-state index contributed by atoms with van der Waals surface area (Å²) < 4.78 is 6.66. The Morgan fingerprint density at radius 1 is 1.21 bits per heavy atom. The van der Waals surface area contributed by atoms with Crippen LogP contribution >= 0.6 is 0 Å². The Morgan fingerprint density at radius 2 is 2.00 bits per heavy atom. The number of nitrogen functional groups attached to an aromatic ring is 1. The Kier molecular flexibility index (Phi) is 6.21. The molecule has 0 bridgehead atoms. The fraction of sp³-hybridized carbons (Fsp3) is 0.167. The fourth-order valence-electron chi connectivity index (χ4n) is 3.67. The highest BCUT2D eigenvalue weighted by Gasteiger charge is 2.24. The van der Waals surface area contributed by atoms with Gasteiger partial charge >= 0.3 is 0 Å². The zero-order valence-corrected chi connectivity index (χ0v) is 18.1. The molecule has 33 heavy (non-hydrogen) atoms. The average Bonchev–Trinajstić information content (AvgIpc) is 3.20. The molecule has 0 saturated heterocycles. The number of primary amides is 1. The highest BCUT2D eigenvalue weighted by molar-refractivity contribution is 6.03. The first-order valence-corrected chi connectivity index (χ1v) is 10.4. The van der Waals surface area contributed by atoms with Crippen LogP contribution in [0.4, 0.5) is 5.82 Å². The quantitative estimate of drug-likeness (QED) is 0.511. The van der Waals surface area contributed by atoms with Gasteiger partial charge in [0.1, 0.15) is 22.8 Å². The van der Waals surface area contributed by atoms with Crippen molar-refractivity contribution in [1.82, 2.24) is 20.1 Å². The molecule has 1 unspecified atom stereocenters. The van der Waals surface area contributed by atoms with E-state index in [2.05, 4.69) is 15.4 Å². The number of methoxy groups -OCH3 is 1. The number of hydrogen-bond acceptors (Lipinski definition) is 6. The van der Waals surface area contributed by atoms with Gasteiger partial charge in [0.2, 0.25) is 0 Å². The Hall–Kier alpha value is -4.40. The minimum atomic E-state index is -0.662. The lowest BCUT2D eigenvalue weighted by atomic mass is 9.93. The van der Waals surface area contributed by atoms with Crippen LogP contribution in [0.15, 0.2) is 66.9 Å². The van der Waals surface area contributed by atoms with Crippen molar-refractivity contribution in [1.29, 1.82) is 0 Å². The van der Waals surface area contributed by atoms with Gasteiger partial charge in [0.15, 0.2) is 5.82 Å². The van der Waals surface area contributed by atoms with Gasteiger partial charge in [-0.15, -0.1) is 0 Å². The van der Waals surface area contributed by atoms with Crippen LogP contribution in [-0.2, 0) is 0 Å². The number of hydrogen-bond donors (Lipinski definition) is 3. The highest BCUT2D eigenvalue weighted by Crippen LogP contribution is 2.30. The van der Waals surface area contributed by atoms with Gasteiger partial charge in [0.05, 0.1) is 12.7 Å². The van der Waals surface area contributed by atoms with Gasteiger partial charge in [0, 0.05) is 12.7 Å². The first-order chi connectivity index (χ1) is 16.0. The predicted molar refractivity (Wildman–Crippen MR) is 125 cm³/mol. The molecule has 4 rings (SSSR count). The summed E-state index contributed by atoms with van der Waals surface area (Å²) in [5.74, 6) is 0.368. The van der Waals surface area contributed by atoms with E-state index >= 15 is 0 Å². The number of anilines is 1. The summed E-state index contributed by atoms with van der Waals surface area (Å²) in [5, 5.41) is 7.45. The molecule has 9 nitrogen and oxygen atoms in total. The summed E-state index contributed by atoms with van der Waals surface area (Å²) in [6.07, 6.45) is 8.05. The third kappa shape index (κ3) is 4.47. The summed E-state index contributed by atoms with van der Waals surface area (Å²) in [7, 11) is 1.53. The second-order valence-electron chi connectivity index (χ2n) is 7.50. The van der Waals surface area contributed by atoms with Crippen molar-refractivity contribution in [3.63, 3.8) is 0 Å². The largest absolute Gasteiger partial charge is 0.496 e. The van der Waals surface area contributed by atoms with Gasteiger partial charge in [-0.2, -0.15) is 9.78 Å². The second-order valence-corrected chi connectivity index (χ2v) is 7.50. The number of amides is 2. The van der Waals surface area contributed by atoms with Crippen LogP contribution in [0.3, 0.4) is 0 Å². The number of aromatic nitrogens is 3. The summed E-state index contributed by atoms with van der Waals surface area (Å²) >= 11 is 0. The Morgan fingerprint density at radius 3 is 2.67 bits per heavy atom. The van der Waals surface area contributed by atoms with Crippen LogP contribution in [-0.4, -0.2) is 40.2 Å². The number of carbonyl (C=O) groups excluding carboxylic acids is 2. The maximum atomic E-state index is 12.5. The van der Waals surface area contributed by atoms with Crippen molar-refractivity contribution in [3.8, 4) is 11.6 Å². The maximum Gasteiger partial charge on any atom is 0.255 e. The second kappa shape index (κ2) is 9.39. The number of pyridine rings is 1. The maximum absolute atomic E-state index is 12.5. The fourth-order valence-corrected chi connectivity index (χ4v) is 3.67. The van der Waals surface area contributed by atoms with E-state index in [0.29, 0.717) is 35.8 Å². The molecule has 0 spiro atoms. The van der Waals surface area contributed by atoms with E-state index in [9.17, 15) is 9.59 Å². The van der Waals surface area contributed by atoms with E-state index in [-0.39, 0.29) is 23.2 Å². The van der Waals surface area contributed by atoms with Gasteiger partial charge in [-0.3, -0.25) is 9.59 Å². The minimum Gasteiger partial charge on any atom is -0.496 e. The van der Waals surface area contributed by atoms with Gasteiger partial charge in [-0.25, -0.2) is 4.98 Å². The Labute approximate surface area is 190 Å². The number of rotatable bonds is 7. The summed E-state index contributed by atoms with van der Waals surface area (Å²) in [6.45, 7) is 0.449. The molecular weight excluding hydrogens is 420 g/mol. The van der Waals surface area contributed by atoms with Crippen LogP contribution in [0.1, 0.15) is 32.8 Å². The van der Waals surface area contributed by atoms with Crippen molar-refractivity contribution in [2.75, 3.05) is 19.4 Å². The standard InChI is InChI=1S/C24H24N6O3/c1-33-18-7-3-2-6-17(18)24(32)28-14-15-9-11-16(12-10-15)21-20(23(26)31)22(25)30(29-21)19-8-4-5-13-27-19/h2-9,11-13,15H,10,14,25H2,1H3,(H2,26,31)(H,28,32). The Bertz CT molecular complexity index is 1250. The lowest BCUT2D eigenvalue weighted by molar-refractivity contribution is 0.0945. The molecule has 5 N–H and O–H groups in total. The molecule has 1 aliphatic carbocycles. The number of nitrogens with one attached hydrogen (secondary N) is 1. The average molecular weight is 444 g/mol. The molecule has 1 atom stereocenters. The first-order valence-electron chi connectivity index (χ1n) is 10.4. The van der Waals surface area contributed by atoms with Crippen molar-refractivity contribution >= 4 is 23.2 Å². The lowest BCUT2D eigenvalue weighted by Crippen LogP contribution is -2.29. The molecule has 1 aromatic carbocycles. The molecule has 0 fully saturated rings. The van der Waals surface area contributed by atoms with Gasteiger partial charge in [0.25, 0.3) is 11.8 Å². The van der Waals surface area contributed by atoms with Gasteiger partial charge in [-0.1, -0.05) is 36.4 Å². The van der Waals surface area contributed by atoms with Crippen LogP contribution < -0.4 is 21.5 Å². The number of benzene rings is 1. The molecule has 168 valence electrons. The zero-order chi connectivity index (χ0) is 23.4. The SMILES string of the molecule is COc1ccccc1C(=O)NCC1C=CC(c2nn(-c3ccccn3)c(N)c2C(N)=O)=CC1. The van der Waals surface area contributed by atoms with E-state index in [1.165, 1.54) is 11.8 Å². The molecule has 0 saturated carbocycles. The van der Waals surface area contributed by atoms with Crippen LogP contribution in [0.25, 0.3) is 11.4 Å². The molecule has 1 aliphatic rings. The molecule has 9 heteroatoms. The summed E-state index contributed by atoms with van der Waals surface area (Å²) in [6, 6.07) is 12.4. The number of nitrogens with zero attached hydrogens (tertiary/aromatic N) is 3. The zero-order valence-electron chi connectivity index (χ0n) is 18.1. The smallest absolute Gasteiger partial charge is 0.255 e. The van der Waals surface area contributed by atoms with Crippen molar-refractivity contribution in [3.05, 3.63) is 83.7 Å². The van der Waals surface area contributed by atoms with Gasteiger partial charge in [-0.05, 0) is 42.2 Å². The first kappa shape index (κ1) is 21.8. The number of ether oxygens (including phenoxy) is 1. The van der Waals surface area contributed by atoms with Gasteiger partial charge < -0.3 is 21.5 Å². The van der Waals surface area contributed by atoms with E-state index in [0.717, 1.165) is 5.57 Å². The van der Waals surface area contributed by atoms with E-state index in [4.69, 9.17) is 16.2 Å². The lowest BCUT2D eigenvalue weighted by Gasteiger charge is -2.17. The monoisotopic (exact) mass is 444 g/mol. The van der Waals surface area contributed by atoms with Crippen LogP contribution in [0.2, 0.25) is 0 Å². The van der Waals surface area contributed by atoms with Crippen LogP contribution in [0.5, 0.6) is 5.75 Å². The van der Waals surface area contributed by atoms with E-state index in [1.54, 1.807) is 42.6 Å². The predicted octanol–water partition coefficient (Wildman–Crippen LogP) is 2.35. The molecule has 2 aromatic heterocycles. The third-order valence-electron chi connectivity index (χ3n) is 5.37. The summed E-state index contributed by atoms with van der Waals surface area (Å²) in [5.41, 5.74) is 13.6. The molecule has 0 radical (unpaired) electrons. The van der Waals surface area contributed by atoms with Crippen molar-refractivity contribution < 1.29 is 14.3 Å². The highest BCUT2D eigenvalue weighted by atomic mass is 16.5. The minimum absolute atomic E-state index is 0.0830. The van der Waals surface area contributed by atoms with E-state index in [1.807, 2.05) is 24.3 Å². The number of carbonyl (C=O) groups is 2. The van der Waals surface area contributed by atoms with Crippen molar-refractivity contribution in [2.45, 2.75) is 6.42 Å². The molecule has 2 amide bonds. The summed E-state index contributed by atoms with van der Waals surface area (Å²) in [4.78, 5) is 28.9. The molecule has 0 aliphatic heterocycles. The third-order valence-corrected chi connectivity index (χ3v) is 5.37. The molecular formula is C24H24N6O3. The van der Waals surface area contributed by atoms with E-state index < -0.39 is 5.91 Å². The Balaban J connectivity index is 1.49. The number of para-hydroxylation sites is 1. The normalized spacial score (nSPS) is 15.1.